The van der Waals surface area contributed by atoms with Gasteiger partial charge in [0.05, 0.1) is 71.2 Å². The van der Waals surface area contributed by atoms with E-state index in [0.29, 0.717) is 95.4 Å². The molecule has 2 aromatic carbocycles. The van der Waals surface area contributed by atoms with Crippen LogP contribution in [0.3, 0.4) is 0 Å². The van der Waals surface area contributed by atoms with Gasteiger partial charge in [0.25, 0.3) is 11.8 Å². The van der Waals surface area contributed by atoms with Crippen LogP contribution < -0.4 is 36.9 Å². The molecular weight excluding hydrogens is 980 g/mol. The smallest absolute Gasteiger partial charge is 0.329 e. The molecule has 6 saturated heterocycles. The highest BCUT2D eigenvalue weighted by molar-refractivity contribution is 6.34. The Balaban J connectivity index is 0.000000198. The predicted molar refractivity (Wildman–Crippen MR) is 282 cm³/mol. The van der Waals surface area contributed by atoms with Crippen LogP contribution in [0.15, 0.2) is 43.0 Å². The number of carbonyl (C=O) groups is 4. The third kappa shape index (κ3) is 16.2. The number of hydrogen-bond donors (Lipinski definition) is 5. The number of benzene rings is 2. The summed E-state index contributed by atoms with van der Waals surface area (Å²) in [4.78, 5) is 65.1. The van der Waals surface area contributed by atoms with Crippen molar-refractivity contribution in [2.75, 3.05) is 143 Å². The average Bonchev–Trinajstić information content (AvgIpc) is 3.90. The van der Waals surface area contributed by atoms with E-state index in [2.05, 4.69) is 30.7 Å². The summed E-state index contributed by atoms with van der Waals surface area (Å²) in [5.74, 6) is 1.42. The van der Waals surface area contributed by atoms with Crippen LogP contribution in [0.2, 0.25) is 10.0 Å². The molecule has 6 aliphatic heterocycles. The Labute approximate surface area is 439 Å². The number of nitrogens with one attached hydrogen (secondary N) is 3. The molecule has 0 saturated carbocycles. The Morgan fingerprint density at radius 1 is 0.671 bits per heavy atom. The number of morpholine rings is 2. The zero-order valence-electron chi connectivity index (χ0n) is 42.5. The molecule has 1 aromatic heterocycles. The molecule has 0 bridgehead atoms. The zero-order chi connectivity index (χ0) is 51.7. The van der Waals surface area contributed by atoms with Gasteiger partial charge in [-0.1, -0.05) is 23.2 Å². The standard InChI is InChI=1S/C24H33ClN6O4.C24H36ClN5O4.C3H7N/c1-2-34-22-12-21(26)20(25)11-19(22)23(32)28-13-18-15-29(9-10-35-18)14-17-3-6-30(7-4-17)24(33)31-8-5-27-16-31;1-2-33-22-13-21(26)20(25)12-19(22)23(31)27-14-18-16-28(10-11-34-18)15-17-4-8-30(9-5-17)24(32)29-6-3-7-29;1-2-4-3-1/h5,8,11-12,16-18H,2-4,6-7,9-10,13-15,26H2,1H3,(H,28,32);12-13,17-18H,2-11,14-16,26H2,1H3,(H,27,31);4H,1-3H2. The lowest BCUT2D eigenvalue weighted by Gasteiger charge is -2.41. The fourth-order valence-corrected chi connectivity index (χ4v) is 9.88. The van der Waals surface area contributed by atoms with E-state index in [1.807, 2.05) is 28.5 Å². The van der Waals surface area contributed by atoms with Gasteiger partial charge in [-0.15, -0.1) is 0 Å². The van der Waals surface area contributed by atoms with E-state index < -0.39 is 0 Å². The highest BCUT2D eigenvalue weighted by atomic mass is 35.5. The number of rotatable bonds is 14. The summed E-state index contributed by atoms with van der Waals surface area (Å²) in [6.07, 6.45) is 11.2. The zero-order valence-corrected chi connectivity index (χ0v) is 44.1. The number of likely N-dealkylation sites (tertiary alicyclic amines) is 3. The van der Waals surface area contributed by atoms with Crippen molar-refractivity contribution in [3.63, 3.8) is 0 Å². The monoisotopic (exact) mass is 1050 g/mol. The number of anilines is 2. The first-order valence-electron chi connectivity index (χ1n) is 26.1. The number of ether oxygens (including phenoxy) is 4. The van der Waals surface area contributed by atoms with Gasteiger partial charge in [-0.2, -0.15) is 0 Å². The van der Waals surface area contributed by atoms with Gasteiger partial charge in [0.15, 0.2) is 0 Å². The lowest BCUT2D eigenvalue weighted by molar-refractivity contribution is -0.0333. The number of carbonyl (C=O) groups excluding carboxylic acids is 4. The number of imidazole rings is 1. The van der Waals surface area contributed by atoms with E-state index in [-0.39, 0.29) is 36.1 Å². The van der Waals surface area contributed by atoms with E-state index in [1.54, 1.807) is 36.9 Å². The fourth-order valence-electron chi connectivity index (χ4n) is 9.55. The molecule has 3 aromatic rings. The van der Waals surface area contributed by atoms with Gasteiger partial charge in [-0.25, -0.2) is 14.6 Å². The number of aromatic nitrogens is 2. The lowest BCUT2D eigenvalue weighted by atomic mass is 9.96. The van der Waals surface area contributed by atoms with E-state index >= 15 is 0 Å². The quantitative estimate of drug-likeness (QED) is 0.139. The number of nitrogen functional groups attached to an aromatic ring is 2. The number of halogens is 2. The third-order valence-corrected chi connectivity index (χ3v) is 14.7. The third-order valence-electron chi connectivity index (χ3n) is 14.1. The number of piperidine rings is 2. The first-order chi connectivity index (χ1) is 35.4. The van der Waals surface area contributed by atoms with Crippen LogP contribution in [-0.4, -0.2) is 201 Å². The van der Waals surface area contributed by atoms with Gasteiger partial charge in [0.2, 0.25) is 0 Å². The second-order valence-corrected chi connectivity index (χ2v) is 20.2. The van der Waals surface area contributed by atoms with E-state index in [9.17, 15) is 19.2 Å². The summed E-state index contributed by atoms with van der Waals surface area (Å²) < 4.78 is 24.5. The van der Waals surface area contributed by atoms with Gasteiger partial charge < -0.3 is 61.1 Å². The van der Waals surface area contributed by atoms with Gasteiger partial charge >= 0.3 is 12.1 Å². The molecule has 7 N–H and O–H groups in total. The van der Waals surface area contributed by atoms with Crippen LogP contribution in [0, 0.1) is 11.8 Å². The summed E-state index contributed by atoms with van der Waals surface area (Å²) in [6, 6.07) is 6.44. The Bertz CT molecular complexity index is 2250. The summed E-state index contributed by atoms with van der Waals surface area (Å²) in [5.41, 5.74) is 13.2. The van der Waals surface area contributed by atoms with Gasteiger partial charge in [0, 0.05) is 116 Å². The second kappa shape index (κ2) is 28.0. The number of hydrogen-bond acceptors (Lipinski definition) is 14. The minimum atomic E-state index is -0.272. The molecule has 7 heterocycles. The number of amides is 5. The van der Waals surface area contributed by atoms with Crippen LogP contribution in [0.1, 0.15) is 73.1 Å². The van der Waals surface area contributed by atoms with Crippen LogP contribution >= 0.6 is 23.2 Å². The molecule has 22 heteroatoms. The first kappa shape index (κ1) is 55.7. The van der Waals surface area contributed by atoms with Crippen molar-refractivity contribution in [2.45, 2.75) is 64.6 Å². The van der Waals surface area contributed by atoms with Crippen LogP contribution in [-0.2, 0) is 9.47 Å². The minimum absolute atomic E-state index is 0.0157. The van der Waals surface area contributed by atoms with Crippen molar-refractivity contribution in [3.8, 4) is 11.5 Å². The Kier molecular flexibility index (Phi) is 21.3. The summed E-state index contributed by atoms with van der Waals surface area (Å²) in [6.45, 7) is 19.3. The second-order valence-electron chi connectivity index (χ2n) is 19.4. The molecule has 2 unspecified atom stereocenters. The number of urea groups is 1. The molecule has 20 nitrogen and oxygen atoms in total. The summed E-state index contributed by atoms with van der Waals surface area (Å²) in [7, 11) is 0. The summed E-state index contributed by atoms with van der Waals surface area (Å²) >= 11 is 12.3. The Morgan fingerprint density at radius 2 is 1.11 bits per heavy atom. The van der Waals surface area contributed by atoms with Gasteiger partial charge in [-0.3, -0.25) is 24.0 Å². The van der Waals surface area contributed by atoms with Crippen LogP contribution in [0.5, 0.6) is 11.5 Å². The fraction of sp³-hybridized carbons (Fsp3) is 0.627. The Morgan fingerprint density at radius 3 is 1.49 bits per heavy atom. The normalized spacial score (nSPS) is 20.8. The highest BCUT2D eigenvalue weighted by Gasteiger charge is 2.32. The maximum absolute atomic E-state index is 12.8. The number of nitrogens with zero attached hydrogens (tertiary/aromatic N) is 7. The van der Waals surface area contributed by atoms with Gasteiger partial charge in [0.1, 0.15) is 17.8 Å². The van der Waals surface area contributed by atoms with Crippen molar-refractivity contribution in [2.24, 2.45) is 11.8 Å². The molecule has 6 aliphatic rings. The van der Waals surface area contributed by atoms with Crippen LogP contribution in [0.25, 0.3) is 0 Å². The molecule has 6 fully saturated rings. The minimum Gasteiger partial charge on any atom is -0.493 e. The highest BCUT2D eigenvalue weighted by Crippen LogP contribution is 2.31. The molecule has 402 valence electrons. The van der Waals surface area contributed by atoms with E-state index in [1.165, 1.54) is 30.1 Å². The molecule has 0 radical (unpaired) electrons. The van der Waals surface area contributed by atoms with Crippen molar-refractivity contribution in [3.05, 3.63) is 64.2 Å². The Hall–Kier alpha value is -5.09. The van der Waals surface area contributed by atoms with E-state index in [4.69, 9.17) is 53.6 Å². The average molecular weight is 1060 g/mol. The first-order valence-corrected chi connectivity index (χ1v) is 26.8. The molecule has 5 amide bonds. The maximum Gasteiger partial charge on any atom is 0.329 e. The molecular formula is C51H76Cl2N12O8. The van der Waals surface area contributed by atoms with Crippen molar-refractivity contribution >= 4 is 58.5 Å². The SMILES string of the molecule is C1CNC1.CCOc1cc(N)c(Cl)cc1C(=O)NCC1CN(CC2CCN(C(=O)N3CCC3)CC2)CCO1.CCOc1cc(N)c(Cl)cc1C(=O)NCC1CN(CC2CCN(C(=O)n3ccnc3)CC2)CCO1. The van der Waals surface area contributed by atoms with Crippen molar-refractivity contribution in [1.29, 1.82) is 0 Å². The van der Waals surface area contributed by atoms with Crippen molar-refractivity contribution in [1.82, 2.24) is 50.0 Å². The van der Waals surface area contributed by atoms with Crippen LogP contribution in [0.4, 0.5) is 21.0 Å². The molecule has 9 rings (SSSR count). The largest absolute Gasteiger partial charge is 0.493 e. The lowest BCUT2D eigenvalue weighted by Crippen LogP contribution is -2.53. The molecule has 2 atom stereocenters. The summed E-state index contributed by atoms with van der Waals surface area (Å²) in [5, 5.41) is 9.66. The molecule has 0 spiro atoms. The predicted octanol–water partition coefficient (Wildman–Crippen LogP) is 4.60. The van der Waals surface area contributed by atoms with E-state index in [0.717, 1.165) is 111 Å². The molecule has 0 aliphatic carbocycles. The van der Waals surface area contributed by atoms with Gasteiger partial charge in [-0.05, 0) is 89.4 Å². The van der Waals surface area contributed by atoms with Crippen molar-refractivity contribution < 1.29 is 38.1 Å². The maximum atomic E-state index is 12.8. The number of nitrogens with two attached hydrogens (primary N) is 2. The topological polar surface area (TPSA) is 227 Å². The molecule has 73 heavy (non-hydrogen) atoms.